The SMILES string of the molecule is Cc1cc(Br)c2oc(C(=O)N(C)[C@@H](C)CC#N)cc2c1. The summed E-state index contributed by atoms with van der Waals surface area (Å²) in [4.78, 5) is 13.9. The minimum absolute atomic E-state index is 0.147. The van der Waals surface area contributed by atoms with Gasteiger partial charge in [-0.05, 0) is 53.5 Å². The first-order chi connectivity index (χ1) is 9.43. The maximum absolute atomic E-state index is 12.3. The van der Waals surface area contributed by atoms with Crippen molar-refractivity contribution >= 4 is 32.8 Å². The molecule has 1 atom stereocenters. The van der Waals surface area contributed by atoms with Crippen LogP contribution in [-0.4, -0.2) is 23.9 Å². The smallest absolute Gasteiger partial charge is 0.289 e. The Balaban J connectivity index is 2.36. The van der Waals surface area contributed by atoms with E-state index in [0.29, 0.717) is 17.8 Å². The highest BCUT2D eigenvalue weighted by molar-refractivity contribution is 9.10. The monoisotopic (exact) mass is 334 g/mol. The van der Waals surface area contributed by atoms with E-state index in [2.05, 4.69) is 22.0 Å². The molecule has 2 aromatic rings. The number of nitrogens with zero attached hydrogens (tertiary/aromatic N) is 2. The predicted molar refractivity (Wildman–Crippen MR) is 80.4 cm³/mol. The van der Waals surface area contributed by atoms with Crippen LogP contribution >= 0.6 is 15.9 Å². The minimum Gasteiger partial charge on any atom is -0.450 e. The summed E-state index contributed by atoms with van der Waals surface area (Å²) in [5.74, 6) is 0.0760. The molecule has 4 nitrogen and oxygen atoms in total. The summed E-state index contributed by atoms with van der Waals surface area (Å²) in [5.41, 5.74) is 1.76. The van der Waals surface area contributed by atoms with E-state index in [1.165, 1.54) is 4.90 Å². The second-order valence-corrected chi connectivity index (χ2v) is 5.76. The Morgan fingerprint density at radius 2 is 2.20 bits per heavy atom. The molecule has 0 fully saturated rings. The number of hydrogen-bond donors (Lipinski definition) is 0. The van der Waals surface area contributed by atoms with Gasteiger partial charge in [-0.25, -0.2) is 0 Å². The van der Waals surface area contributed by atoms with Gasteiger partial charge >= 0.3 is 0 Å². The lowest BCUT2D eigenvalue weighted by Crippen LogP contribution is -2.34. The van der Waals surface area contributed by atoms with Crippen molar-refractivity contribution in [3.63, 3.8) is 0 Å². The Kier molecular flexibility index (Phi) is 4.15. The second kappa shape index (κ2) is 5.68. The minimum atomic E-state index is -0.214. The molecule has 0 radical (unpaired) electrons. The summed E-state index contributed by atoms with van der Waals surface area (Å²) in [7, 11) is 1.68. The van der Waals surface area contributed by atoms with E-state index in [-0.39, 0.29) is 11.9 Å². The van der Waals surface area contributed by atoms with Gasteiger partial charge in [0.25, 0.3) is 5.91 Å². The zero-order chi connectivity index (χ0) is 14.9. The van der Waals surface area contributed by atoms with Crippen LogP contribution in [0, 0.1) is 18.3 Å². The van der Waals surface area contributed by atoms with Crippen molar-refractivity contribution in [2.24, 2.45) is 0 Å². The van der Waals surface area contributed by atoms with Gasteiger partial charge in [0.1, 0.15) is 5.58 Å². The number of amides is 1. The van der Waals surface area contributed by atoms with E-state index in [1.807, 2.05) is 26.0 Å². The molecule has 0 bridgehead atoms. The highest BCUT2D eigenvalue weighted by Gasteiger charge is 2.21. The summed E-state index contributed by atoms with van der Waals surface area (Å²) >= 11 is 3.44. The predicted octanol–water partition coefficient (Wildman–Crippen LogP) is 3.88. The number of benzene rings is 1. The molecule has 1 amide bonds. The number of halogens is 1. The first kappa shape index (κ1) is 14.6. The lowest BCUT2D eigenvalue weighted by molar-refractivity contribution is 0.0716. The third kappa shape index (κ3) is 2.70. The summed E-state index contributed by atoms with van der Waals surface area (Å²) in [6.07, 6.45) is 0.297. The van der Waals surface area contributed by atoms with Gasteiger partial charge in [0.05, 0.1) is 17.0 Å². The fourth-order valence-corrected chi connectivity index (χ4v) is 2.67. The Bertz CT molecular complexity index is 700. The molecule has 1 aromatic heterocycles. The highest BCUT2D eigenvalue weighted by atomic mass is 79.9. The van der Waals surface area contributed by atoms with Gasteiger partial charge in [-0.2, -0.15) is 5.26 Å². The van der Waals surface area contributed by atoms with Crippen LogP contribution < -0.4 is 0 Å². The summed E-state index contributed by atoms with van der Waals surface area (Å²) in [5, 5.41) is 9.59. The van der Waals surface area contributed by atoms with Crippen LogP contribution in [0.2, 0.25) is 0 Å². The molecule has 20 heavy (non-hydrogen) atoms. The summed E-state index contributed by atoms with van der Waals surface area (Å²) in [6.45, 7) is 3.82. The molecule has 0 aliphatic carbocycles. The number of rotatable bonds is 3. The molecular formula is C15H15BrN2O2. The number of aryl methyl sites for hydroxylation is 1. The molecule has 0 aliphatic rings. The Hall–Kier alpha value is -1.80. The lowest BCUT2D eigenvalue weighted by atomic mass is 10.2. The standard InChI is InChI=1S/C15H15BrN2O2/c1-9-6-11-8-13(20-14(11)12(16)7-9)15(19)18(3)10(2)4-5-17/h6-8,10H,4H2,1-3H3/t10-/m0/s1. The van der Waals surface area contributed by atoms with Gasteiger partial charge < -0.3 is 9.32 Å². The Morgan fingerprint density at radius 3 is 2.85 bits per heavy atom. The van der Waals surface area contributed by atoms with Crippen LogP contribution in [0.1, 0.15) is 29.5 Å². The van der Waals surface area contributed by atoms with Crippen molar-refractivity contribution < 1.29 is 9.21 Å². The van der Waals surface area contributed by atoms with Crippen LogP contribution in [0.5, 0.6) is 0 Å². The van der Waals surface area contributed by atoms with Crippen molar-refractivity contribution in [1.82, 2.24) is 4.90 Å². The third-order valence-corrected chi connectivity index (χ3v) is 3.88. The number of carbonyl (C=O) groups excluding carboxylic acids is 1. The number of hydrogen-bond acceptors (Lipinski definition) is 3. The van der Waals surface area contributed by atoms with Crippen molar-refractivity contribution in [1.29, 1.82) is 5.26 Å². The summed E-state index contributed by atoms with van der Waals surface area (Å²) in [6, 6.07) is 7.58. The van der Waals surface area contributed by atoms with Crippen LogP contribution in [0.3, 0.4) is 0 Å². The van der Waals surface area contributed by atoms with Crippen molar-refractivity contribution in [2.45, 2.75) is 26.3 Å². The number of carbonyl (C=O) groups is 1. The molecule has 0 saturated heterocycles. The molecule has 0 aliphatic heterocycles. The maximum Gasteiger partial charge on any atom is 0.289 e. The van der Waals surface area contributed by atoms with E-state index >= 15 is 0 Å². The zero-order valence-electron chi connectivity index (χ0n) is 11.6. The van der Waals surface area contributed by atoms with E-state index in [9.17, 15) is 4.79 Å². The molecule has 1 heterocycles. The van der Waals surface area contributed by atoms with Gasteiger partial charge in [0, 0.05) is 18.5 Å². The van der Waals surface area contributed by atoms with Gasteiger partial charge in [0.2, 0.25) is 0 Å². The average Bonchev–Trinajstić information content (AvgIpc) is 2.81. The van der Waals surface area contributed by atoms with Crippen LogP contribution in [0.4, 0.5) is 0 Å². The second-order valence-electron chi connectivity index (χ2n) is 4.90. The van der Waals surface area contributed by atoms with Gasteiger partial charge in [0.15, 0.2) is 5.76 Å². The molecule has 0 unspecified atom stereocenters. The normalized spacial score (nSPS) is 12.2. The highest BCUT2D eigenvalue weighted by Crippen LogP contribution is 2.29. The first-order valence-corrected chi connectivity index (χ1v) is 7.07. The largest absolute Gasteiger partial charge is 0.450 e. The van der Waals surface area contributed by atoms with E-state index in [0.717, 1.165) is 15.4 Å². The molecule has 104 valence electrons. The van der Waals surface area contributed by atoms with Gasteiger partial charge in [-0.1, -0.05) is 0 Å². The van der Waals surface area contributed by atoms with Gasteiger partial charge in [-0.3, -0.25) is 4.79 Å². The molecule has 0 saturated carbocycles. The fourth-order valence-electron chi connectivity index (χ4n) is 2.00. The molecule has 5 heteroatoms. The number of nitriles is 1. The molecular weight excluding hydrogens is 320 g/mol. The average molecular weight is 335 g/mol. The van der Waals surface area contributed by atoms with Crippen LogP contribution in [-0.2, 0) is 0 Å². The zero-order valence-corrected chi connectivity index (χ0v) is 13.2. The van der Waals surface area contributed by atoms with Crippen molar-refractivity contribution in [3.8, 4) is 6.07 Å². The van der Waals surface area contributed by atoms with Crippen molar-refractivity contribution in [3.05, 3.63) is 34.0 Å². The van der Waals surface area contributed by atoms with E-state index in [1.54, 1.807) is 13.1 Å². The molecule has 0 N–H and O–H groups in total. The Morgan fingerprint density at radius 1 is 1.50 bits per heavy atom. The molecule has 2 rings (SSSR count). The fraction of sp³-hybridized carbons (Fsp3) is 0.333. The molecule has 0 spiro atoms. The van der Waals surface area contributed by atoms with Crippen LogP contribution in [0.15, 0.2) is 27.1 Å². The number of furan rings is 1. The first-order valence-electron chi connectivity index (χ1n) is 6.28. The van der Waals surface area contributed by atoms with Crippen LogP contribution in [0.25, 0.3) is 11.0 Å². The quantitative estimate of drug-likeness (QED) is 0.855. The van der Waals surface area contributed by atoms with E-state index in [4.69, 9.17) is 9.68 Å². The topological polar surface area (TPSA) is 57.2 Å². The Labute approximate surface area is 126 Å². The third-order valence-electron chi connectivity index (χ3n) is 3.29. The van der Waals surface area contributed by atoms with Gasteiger partial charge in [-0.15, -0.1) is 0 Å². The summed E-state index contributed by atoms with van der Waals surface area (Å²) < 4.78 is 6.48. The molecule has 1 aromatic carbocycles. The number of fused-ring (bicyclic) bond motifs is 1. The van der Waals surface area contributed by atoms with E-state index < -0.39 is 0 Å². The van der Waals surface area contributed by atoms with Crippen molar-refractivity contribution in [2.75, 3.05) is 7.05 Å². The maximum atomic E-state index is 12.3. The lowest BCUT2D eigenvalue weighted by Gasteiger charge is -2.21.